The molecule has 0 spiro atoms. The molecule has 5 heteroatoms. The monoisotopic (exact) mass is 239 g/mol. The summed E-state index contributed by atoms with van der Waals surface area (Å²) in [5.74, 6) is -0.990. The van der Waals surface area contributed by atoms with Crippen molar-refractivity contribution in [3.63, 3.8) is 0 Å². The van der Waals surface area contributed by atoms with Gasteiger partial charge in [0.2, 0.25) is 0 Å². The van der Waals surface area contributed by atoms with E-state index >= 15 is 0 Å². The van der Waals surface area contributed by atoms with Crippen LogP contribution in [0.3, 0.4) is 0 Å². The normalized spacial score (nSPS) is 11.8. The highest BCUT2D eigenvalue weighted by atomic mass is 16.4. The predicted molar refractivity (Wildman–Crippen MR) is 65.0 cm³/mol. The fraction of sp³-hybridized carbons (Fsp3) is 0.750. The molecule has 0 aliphatic rings. The van der Waals surface area contributed by atoms with E-state index in [9.17, 15) is 4.79 Å². The Balaban J connectivity index is 2.88. The van der Waals surface area contributed by atoms with E-state index in [0.717, 1.165) is 25.1 Å². The second-order valence-corrected chi connectivity index (χ2v) is 5.47. The Bertz CT molecular complexity index is 391. The molecule has 0 aliphatic carbocycles. The maximum Gasteiger partial charge on any atom is 0.358 e. The van der Waals surface area contributed by atoms with E-state index in [0.29, 0.717) is 6.42 Å². The maximum atomic E-state index is 11.0. The third-order valence-electron chi connectivity index (χ3n) is 2.60. The SMILES string of the molecule is CCCc1c(C(=O)O)nnn1CCC(C)(C)C. The first kappa shape index (κ1) is 13.7. The Labute approximate surface area is 102 Å². The molecule has 0 bridgehead atoms. The minimum atomic E-state index is -0.990. The van der Waals surface area contributed by atoms with Crippen molar-refractivity contribution in [2.45, 2.75) is 53.5 Å². The summed E-state index contributed by atoms with van der Waals surface area (Å²) in [4.78, 5) is 11.0. The van der Waals surface area contributed by atoms with Crippen molar-refractivity contribution in [3.8, 4) is 0 Å². The van der Waals surface area contributed by atoms with Gasteiger partial charge in [-0.25, -0.2) is 9.48 Å². The summed E-state index contributed by atoms with van der Waals surface area (Å²) < 4.78 is 1.73. The molecule has 0 fully saturated rings. The molecule has 0 saturated heterocycles. The van der Waals surface area contributed by atoms with Crippen LogP contribution in [-0.2, 0) is 13.0 Å². The molecule has 1 rings (SSSR count). The first-order chi connectivity index (χ1) is 7.85. The van der Waals surface area contributed by atoms with Crippen LogP contribution in [0.15, 0.2) is 0 Å². The second-order valence-electron chi connectivity index (χ2n) is 5.47. The Morgan fingerprint density at radius 2 is 2.06 bits per heavy atom. The van der Waals surface area contributed by atoms with Crippen LogP contribution < -0.4 is 0 Å². The summed E-state index contributed by atoms with van der Waals surface area (Å²) in [6.45, 7) is 9.20. The van der Waals surface area contributed by atoms with Crippen molar-refractivity contribution in [3.05, 3.63) is 11.4 Å². The van der Waals surface area contributed by atoms with E-state index < -0.39 is 5.97 Å². The molecular weight excluding hydrogens is 218 g/mol. The van der Waals surface area contributed by atoms with Crippen LogP contribution in [0.25, 0.3) is 0 Å². The summed E-state index contributed by atoms with van der Waals surface area (Å²) in [6, 6.07) is 0. The van der Waals surface area contributed by atoms with Crippen molar-refractivity contribution in [1.82, 2.24) is 15.0 Å². The van der Waals surface area contributed by atoms with Crippen LogP contribution >= 0.6 is 0 Å². The number of carboxylic acids is 1. The summed E-state index contributed by atoms with van der Waals surface area (Å²) in [6.07, 6.45) is 2.55. The summed E-state index contributed by atoms with van der Waals surface area (Å²) in [7, 11) is 0. The van der Waals surface area contributed by atoms with Crippen LogP contribution in [0.2, 0.25) is 0 Å². The number of aryl methyl sites for hydroxylation is 1. The molecule has 1 N–H and O–H groups in total. The van der Waals surface area contributed by atoms with E-state index in [4.69, 9.17) is 5.11 Å². The number of rotatable bonds is 5. The predicted octanol–water partition coefficient (Wildman–Crippen LogP) is 2.37. The molecule has 0 aliphatic heterocycles. The van der Waals surface area contributed by atoms with E-state index in [2.05, 4.69) is 31.1 Å². The van der Waals surface area contributed by atoms with E-state index in [1.165, 1.54) is 0 Å². The molecule has 0 amide bonds. The minimum absolute atomic E-state index is 0.0979. The van der Waals surface area contributed by atoms with Gasteiger partial charge in [-0.2, -0.15) is 0 Å². The number of aromatic nitrogens is 3. The average molecular weight is 239 g/mol. The number of carboxylic acid groups (broad SMARTS) is 1. The Hall–Kier alpha value is -1.39. The smallest absolute Gasteiger partial charge is 0.358 e. The number of hydrogen-bond acceptors (Lipinski definition) is 3. The molecule has 0 saturated carbocycles. The van der Waals surface area contributed by atoms with Crippen LogP contribution in [0.1, 0.15) is 56.7 Å². The molecule has 0 atom stereocenters. The molecule has 0 radical (unpaired) electrons. The lowest BCUT2D eigenvalue weighted by Gasteiger charge is -2.18. The first-order valence-corrected chi connectivity index (χ1v) is 6.01. The molecule has 17 heavy (non-hydrogen) atoms. The van der Waals surface area contributed by atoms with Gasteiger partial charge in [0.1, 0.15) is 0 Å². The van der Waals surface area contributed by atoms with Crippen molar-refractivity contribution in [2.24, 2.45) is 5.41 Å². The summed E-state index contributed by atoms with van der Waals surface area (Å²) in [5.41, 5.74) is 1.05. The van der Waals surface area contributed by atoms with Crippen molar-refractivity contribution in [1.29, 1.82) is 0 Å². The molecule has 1 aromatic rings. The van der Waals surface area contributed by atoms with Crippen LogP contribution in [0, 0.1) is 5.41 Å². The highest BCUT2D eigenvalue weighted by Gasteiger charge is 2.19. The fourth-order valence-corrected chi connectivity index (χ4v) is 1.60. The second kappa shape index (κ2) is 5.29. The van der Waals surface area contributed by atoms with Crippen molar-refractivity contribution in [2.75, 3.05) is 0 Å². The van der Waals surface area contributed by atoms with E-state index in [1.54, 1.807) is 4.68 Å². The molecule has 0 aromatic carbocycles. The fourth-order valence-electron chi connectivity index (χ4n) is 1.60. The Morgan fingerprint density at radius 1 is 1.41 bits per heavy atom. The Morgan fingerprint density at radius 3 is 2.53 bits per heavy atom. The van der Waals surface area contributed by atoms with Gasteiger partial charge in [-0.3, -0.25) is 0 Å². The first-order valence-electron chi connectivity index (χ1n) is 6.01. The molecule has 0 unspecified atom stereocenters. The largest absolute Gasteiger partial charge is 0.476 e. The molecule has 96 valence electrons. The Kier molecular flexibility index (Phi) is 4.26. The van der Waals surface area contributed by atoms with Gasteiger partial charge in [-0.15, -0.1) is 5.10 Å². The zero-order valence-corrected chi connectivity index (χ0v) is 11.0. The van der Waals surface area contributed by atoms with Gasteiger partial charge in [0.25, 0.3) is 0 Å². The maximum absolute atomic E-state index is 11.0. The van der Waals surface area contributed by atoms with Gasteiger partial charge in [-0.05, 0) is 18.3 Å². The topological polar surface area (TPSA) is 68.0 Å². The van der Waals surface area contributed by atoms with Gasteiger partial charge in [0.05, 0.1) is 5.69 Å². The van der Waals surface area contributed by atoms with E-state index in [1.807, 2.05) is 6.92 Å². The number of carbonyl (C=O) groups is 1. The molecular formula is C12H21N3O2. The highest BCUT2D eigenvalue weighted by Crippen LogP contribution is 2.20. The molecule has 1 heterocycles. The van der Waals surface area contributed by atoms with Crippen LogP contribution in [0.4, 0.5) is 0 Å². The highest BCUT2D eigenvalue weighted by molar-refractivity contribution is 5.86. The van der Waals surface area contributed by atoms with Crippen molar-refractivity contribution >= 4 is 5.97 Å². The van der Waals surface area contributed by atoms with Gasteiger partial charge in [-0.1, -0.05) is 39.3 Å². The molecule has 1 aromatic heterocycles. The lowest BCUT2D eigenvalue weighted by molar-refractivity contribution is 0.0689. The van der Waals surface area contributed by atoms with Gasteiger partial charge < -0.3 is 5.11 Å². The zero-order valence-electron chi connectivity index (χ0n) is 11.0. The summed E-state index contributed by atoms with van der Waals surface area (Å²) in [5, 5.41) is 16.7. The van der Waals surface area contributed by atoms with Gasteiger partial charge in [0.15, 0.2) is 5.69 Å². The zero-order chi connectivity index (χ0) is 13.1. The van der Waals surface area contributed by atoms with Gasteiger partial charge >= 0.3 is 5.97 Å². The third-order valence-corrected chi connectivity index (χ3v) is 2.60. The van der Waals surface area contributed by atoms with E-state index in [-0.39, 0.29) is 11.1 Å². The lowest BCUT2D eigenvalue weighted by Crippen LogP contribution is -2.14. The lowest BCUT2D eigenvalue weighted by atomic mass is 9.92. The molecule has 5 nitrogen and oxygen atoms in total. The quantitative estimate of drug-likeness (QED) is 0.856. The summed E-state index contributed by atoms with van der Waals surface area (Å²) >= 11 is 0. The third kappa shape index (κ3) is 3.84. The minimum Gasteiger partial charge on any atom is -0.476 e. The average Bonchev–Trinajstić information content (AvgIpc) is 2.58. The van der Waals surface area contributed by atoms with Crippen molar-refractivity contribution < 1.29 is 9.90 Å². The van der Waals surface area contributed by atoms with Gasteiger partial charge in [0, 0.05) is 6.54 Å². The number of nitrogens with zero attached hydrogens (tertiary/aromatic N) is 3. The number of aromatic carboxylic acids is 1. The van der Waals surface area contributed by atoms with Crippen LogP contribution in [-0.4, -0.2) is 26.1 Å². The van der Waals surface area contributed by atoms with Crippen LogP contribution in [0.5, 0.6) is 0 Å². The standard InChI is InChI=1S/C12H21N3O2/c1-5-6-9-10(11(16)17)13-14-15(9)8-7-12(2,3)4/h5-8H2,1-4H3,(H,16,17). The number of hydrogen-bond donors (Lipinski definition) is 1.